The van der Waals surface area contributed by atoms with Crippen molar-refractivity contribution in [2.75, 3.05) is 0 Å². The summed E-state index contributed by atoms with van der Waals surface area (Å²) in [5.41, 5.74) is -0.967. The predicted octanol–water partition coefficient (Wildman–Crippen LogP) is 2.14. The fourth-order valence-electron chi connectivity index (χ4n) is 3.91. The molecule has 2 aliphatic rings. The van der Waals surface area contributed by atoms with Crippen molar-refractivity contribution in [2.45, 2.75) is 38.6 Å². The van der Waals surface area contributed by atoms with E-state index in [-0.39, 0.29) is 17.4 Å². The second kappa shape index (κ2) is 5.85. The average molecular weight is 328 g/mol. The minimum atomic E-state index is -1.13. The molecule has 2 fully saturated rings. The van der Waals surface area contributed by atoms with Gasteiger partial charge in [0.2, 0.25) is 0 Å². The number of ketones is 1. The number of amides is 4. The van der Waals surface area contributed by atoms with Gasteiger partial charge in [-0.2, -0.15) is 4.90 Å². The molecule has 3 atom stereocenters. The topological polar surface area (TPSA) is 83.6 Å². The Morgan fingerprint density at radius 2 is 1.83 bits per heavy atom. The molecule has 0 bridgehead atoms. The van der Waals surface area contributed by atoms with Gasteiger partial charge in [0, 0.05) is 5.56 Å². The minimum Gasteiger partial charge on any atom is -0.323 e. The summed E-state index contributed by atoms with van der Waals surface area (Å²) in [4.78, 5) is 50.3. The number of nitrogens with one attached hydrogen (secondary N) is 1. The first-order chi connectivity index (χ1) is 11.4. The summed E-state index contributed by atoms with van der Waals surface area (Å²) in [6.07, 6.45) is 2.79. The molecule has 1 aliphatic heterocycles. The SMILES string of the molecule is CC1CCCC1C1(C)NC(=O)N(C(=O)C(=O)c2ccccc2)C1=O. The molecule has 0 spiro atoms. The number of hydrogen-bond acceptors (Lipinski definition) is 4. The minimum absolute atomic E-state index is 0.0291. The molecule has 1 aliphatic carbocycles. The lowest BCUT2D eigenvalue weighted by Gasteiger charge is -2.31. The molecular weight excluding hydrogens is 308 g/mol. The van der Waals surface area contributed by atoms with Crippen LogP contribution in [-0.4, -0.2) is 34.1 Å². The van der Waals surface area contributed by atoms with Crippen LogP contribution in [0.15, 0.2) is 30.3 Å². The first kappa shape index (κ1) is 16.4. The first-order valence-electron chi connectivity index (χ1n) is 8.16. The maximum Gasteiger partial charge on any atom is 0.332 e. The predicted molar refractivity (Wildman–Crippen MR) is 86.1 cm³/mol. The van der Waals surface area contributed by atoms with Crippen LogP contribution in [0.1, 0.15) is 43.5 Å². The van der Waals surface area contributed by atoms with Crippen LogP contribution in [0.25, 0.3) is 0 Å². The van der Waals surface area contributed by atoms with E-state index in [1.54, 1.807) is 25.1 Å². The number of benzene rings is 1. The summed E-state index contributed by atoms with van der Waals surface area (Å²) in [6, 6.07) is 7.12. The number of carbonyl (C=O) groups excluding carboxylic acids is 4. The molecule has 0 aromatic heterocycles. The van der Waals surface area contributed by atoms with E-state index in [4.69, 9.17) is 0 Å². The normalized spacial score (nSPS) is 29.7. The van der Waals surface area contributed by atoms with Gasteiger partial charge in [0.1, 0.15) is 5.54 Å². The van der Waals surface area contributed by atoms with Crippen molar-refractivity contribution >= 4 is 23.6 Å². The number of Topliss-reactive ketones (excluding diaryl/α,β-unsaturated/α-hetero) is 1. The molecule has 0 radical (unpaired) electrons. The summed E-state index contributed by atoms with van der Waals surface area (Å²) >= 11 is 0. The number of nitrogens with zero attached hydrogens (tertiary/aromatic N) is 1. The number of imide groups is 3. The summed E-state index contributed by atoms with van der Waals surface area (Å²) in [6.45, 7) is 3.70. The number of rotatable bonds is 3. The van der Waals surface area contributed by atoms with Gasteiger partial charge in [-0.3, -0.25) is 14.4 Å². The Hall–Kier alpha value is -2.50. The van der Waals surface area contributed by atoms with Gasteiger partial charge < -0.3 is 5.32 Å². The van der Waals surface area contributed by atoms with Crippen molar-refractivity contribution in [1.29, 1.82) is 0 Å². The van der Waals surface area contributed by atoms with Crippen LogP contribution in [0.2, 0.25) is 0 Å². The lowest BCUT2D eigenvalue weighted by molar-refractivity contribution is -0.140. The maximum atomic E-state index is 12.8. The molecule has 1 heterocycles. The van der Waals surface area contributed by atoms with Crippen LogP contribution in [0.5, 0.6) is 0 Å². The average Bonchev–Trinajstić information content (AvgIpc) is 3.09. The molecule has 126 valence electrons. The number of carbonyl (C=O) groups is 4. The van der Waals surface area contributed by atoms with E-state index in [1.165, 1.54) is 12.1 Å². The van der Waals surface area contributed by atoms with Crippen LogP contribution in [-0.2, 0) is 9.59 Å². The van der Waals surface area contributed by atoms with Crippen molar-refractivity contribution < 1.29 is 19.2 Å². The molecule has 1 saturated carbocycles. The first-order valence-corrected chi connectivity index (χ1v) is 8.16. The largest absolute Gasteiger partial charge is 0.332 e. The summed E-state index contributed by atoms with van der Waals surface area (Å²) < 4.78 is 0. The lowest BCUT2D eigenvalue weighted by atomic mass is 9.79. The quantitative estimate of drug-likeness (QED) is 0.523. The molecule has 3 unspecified atom stereocenters. The molecule has 1 aromatic rings. The molecule has 3 rings (SSSR count). The second-order valence-electron chi connectivity index (χ2n) is 6.79. The van der Waals surface area contributed by atoms with Crippen LogP contribution >= 0.6 is 0 Å². The van der Waals surface area contributed by atoms with Gasteiger partial charge in [-0.05, 0) is 25.2 Å². The number of hydrogen-bond donors (Lipinski definition) is 1. The van der Waals surface area contributed by atoms with Crippen molar-refractivity contribution in [3.8, 4) is 0 Å². The highest BCUT2D eigenvalue weighted by Crippen LogP contribution is 2.41. The van der Waals surface area contributed by atoms with E-state index >= 15 is 0 Å². The lowest BCUT2D eigenvalue weighted by Crippen LogP contribution is -2.52. The molecule has 1 N–H and O–H groups in total. The molecule has 1 saturated heterocycles. The van der Waals surface area contributed by atoms with Gasteiger partial charge in [0.05, 0.1) is 0 Å². The summed E-state index contributed by atoms with van der Waals surface area (Å²) in [5, 5.41) is 2.65. The third-order valence-corrected chi connectivity index (χ3v) is 5.25. The fourth-order valence-corrected chi connectivity index (χ4v) is 3.91. The maximum absolute atomic E-state index is 12.8. The van der Waals surface area contributed by atoms with E-state index in [1.807, 2.05) is 6.92 Å². The van der Waals surface area contributed by atoms with Crippen LogP contribution in [0.4, 0.5) is 4.79 Å². The Balaban J connectivity index is 1.87. The smallest absolute Gasteiger partial charge is 0.323 e. The summed E-state index contributed by atoms with van der Waals surface area (Å²) in [5.74, 6) is -2.33. The Morgan fingerprint density at radius 1 is 1.17 bits per heavy atom. The molecule has 1 aromatic carbocycles. The van der Waals surface area contributed by atoms with Crippen molar-refractivity contribution in [3.05, 3.63) is 35.9 Å². The highest BCUT2D eigenvalue weighted by Gasteiger charge is 2.57. The van der Waals surface area contributed by atoms with E-state index in [0.29, 0.717) is 4.90 Å². The van der Waals surface area contributed by atoms with Gasteiger partial charge in [-0.15, -0.1) is 0 Å². The third-order valence-electron chi connectivity index (χ3n) is 5.25. The van der Waals surface area contributed by atoms with Gasteiger partial charge in [0.25, 0.3) is 11.7 Å². The Bertz CT molecular complexity index is 715. The zero-order valence-corrected chi connectivity index (χ0v) is 13.7. The van der Waals surface area contributed by atoms with E-state index < -0.39 is 29.2 Å². The van der Waals surface area contributed by atoms with Crippen LogP contribution in [0.3, 0.4) is 0 Å². The van der Waals surface area contributed by atoms with E-state index in [2.05, 4.69) is 5.32 Å². The van der Waals surface area contributed by atoms with E-state index in [9.17, 15) is 19.2 Å². The molecular formula is C18H20N2O4. The molecule has 6 nitrogen and oxygen atoms in total. The van der Waals surface area contributed by atoms with Crippen LogP contribution in [0, 0.1) is 11.8 Å². The molecule has 4 amide bonds. The highest BCUT2D eigenvalue weighted by molar-refractivity contribution is 6.48. The molecule has 24 heavy (non-hydrogen) atoms. The van der Waals surface area contributed by atoms with Crippen LogP contribution < -0.4 is 5.32 Å². The molecule has 6 heteroatoms. The zero-order valence-electron chi connectivity index (χ0n) is 13.7. The fraction of sp³-hybridized carbons (Fsp3) is 0.444. The van der Waals surface area contributed by atoms with Gasteiger partial charge in [0.15, 0.2) is 0 Å². The standard InChI is InChI=1S/C18H20N2O4/c1-11-7-6-10-13(11)18(2)16(23)20(17(24)19-18)15(22)14(21)12-8-4-3-5-9-12/h3-5,8-9,11,13H,6-7,10H2,1-2H3,(H,19,24). The zero-order chi connectivity index (χ0) is 17.5. The Labute approximate surface area is 140 Å². The van der Waals surface area contributed by atoms with E-state index in [0.717, 1.165) is 19.3 Å². The number of urea groups is 1. The highest BCUT2D eigenvalue weighted by atomic mass is 16.2. The Morgan fingerprint density at radius 3 is 2.42 bits per heavy atom. The Kier molecular flexibility index (Phi) is 3.99. The third kappa shape index (κ3) is 2.42. The second-order valence-corrected chi connectivity index (χ2v) is 6.79. The van der Waals surface area contributed by atoms with Gasteiger partial charge >= 0.3 is 11.9 Å². The monoisotopic (exact) mass is 328 g/mol. The van der Waals surface area contributed by atoms with Gasteiger partial charge in [-0.25, -0.2) is 4.79 Å². The van der Waals surface area contributed by atoms with Gasteiger partial charge in [-0.1, -0.05) is 50.1 Å². The van der Waals surface area contributed by atoms with Crippen molar-refractivity contribution in [2.24, 2.45) is 11.8 Å². The van der Waals surface area contributed by atoms with Crippen molar-refractivity contribution in [3.63, 3.8) is 0 Å². The summed E-state index contributed by atoms with van der Waals surface area (Å²) in [7, 11) is 0. The van der Waals surface area contributed by atoms with Crippen molar-refractivity contribution in [1.82, 2.24) is 10.2 Å².